The zero-order valence-electron chi connectivity index (χ0n) is 25.2. The van der Waals surface area contributed by atoms with Gasteiger partial charge in [0.05, 0.1) is 16.6 Å². The van der Waals surface area contributed by atoms with Crippen molar-refractivity contribution in [2.45, 2.75) is 121 Å². The highest BCUT2D eigenvalue weighted by Gasteiger charge is 2.50. The number of allylic oxidation sites excluding steroid dienone is 3. The van der Waals surface area contributed by atoms with Gasteiger partial charge in [0.25, 0.3) is 0 Å². The third-order valence-electron chi connectivity index (χ3n) is 10.1. The van der Waals surface area contributed by atoms with Crippen LogP contribution in [0.2, 0.25) is 0 Å². The van der Waals surface area contributed by atoms with Crippen molar-refractivity contribution in [1.29, 1.82) is 0 Å². The molecule has 0 radical (unpaired) electrons. The van der Waals surface area contributed by atoms with E-state index in [9.17, 15) is 18.6 Å². The summed E-state index contributed by atoms with van der Waals surface area (Å²) in [7, 11) is -3.72. The molecule has 0 aliphatic heterocycles. The van der Waals surface area contributed by atoms with Crippen LogP contribution < -0.4 is 4.72 Å². The van der Waals surface area contributed by atoms with E-state index in [4.69, 9.17) is 0 Å². The summed E-state index contributed by atoms with van der Waals surface area (Å²) in [4.78, 5) is 0.227. The molecule has 0 amide bonds. The summed E-state index contributed by atoms with van der Waals surface area (Å²) >= 11 is 0. The molecule has 1 unspecified atom stereocenters. The number of sulfonamides is 1. The zero-order valence-corrected chi connectivity index (χ0v) is 26.1. The molecule has 1 aromatic rings. The lowest BCUT2D eigenvalue weighted by Crippen LogP contribution is -2.41. The number of aliphatic hydroxyl groups is 2. The predicted molar refractivity (Wildman–Crippen MR) is 163 cm³/mol. The maximum Gasteiger partial charge on any atom is 0.241 e. The van der Waals surface area contributed by atoms with Crippen molar-refractivity contribution in [3.63, 3.8) is 0 Å². The standard InChI is InChI=1S/C34H51NO4S/c1-23-11-15-29(16-12-23)40(38,39)35-32-22-28(36)21-27(25(32)3)14-13-26-10-8-20-34(6)30(17-18-31(26)34)24(2)9-7-19-33(4,5)37/h11-16,24,28,30-32,35-37H,3,7-10,17-22H2,1-2,4-6H3/b26-13+,27-14-/t24-,28-,30-,31+,32?,34-/m1/s1. The highest BCUT2D eigenvalue weighted by molar-refractivity contribution is 7.89. The first kappa shape index (κ1) is 31.2. The molecule has 0 aromatic heterocycles. The predicted octanol–water partition coefficient (Wildman–Crippen LogP) is 7.00. The molecule has 6 atom stereocenters. The van der Waals surface area contributed by atoms with Gasteiger partial charge in [0.15, 0.2) is 0 Å². The average Bonchev–Trinajstić information content (AvgIpc) is 3.22. The molecule has 222 valence electrons. The molecule has 3 N–H and O–H groups in total. The molecule has 3 aliphatic carbocycles. The number of benzene rings is 1. The van der Waals surface area contributed by atoms with Gasteiger partial charge in [-0.25, -0.2) is 13.1 Å². The molecule has 4 rings (SSSR count). The van der Waals surface area contributed by atoms with Crippen molar-refractivity contribution in [2.24, 2.45) is 23.2 Å². The smallest absolute Gasteiger partial charge is 0.241 e. The van der Waals surface area contributed by atoms with Gasteiger partial charge in [-0.3, -0.25) is 0 Å². The average molecular weight is 570 g/mol. The normalized spacial score (nSPS) is 32.4. The van der Waals surface area contributed by atoms with Crippen LogP contribution >= 0.6 is 0 Å². The van der Waals surface area contributed by atoms with Crippen LogP contribution in [0.5, 0.6) is 0 Å². The van der Waals surface area contributed by atoms with E-state index in [0.717, 1.165) is 42.4 Å². The van der Waals surface area contributed by atoms with E-state index in [0.29, 0.717) is 36.0 Å². The summed E-state index contributed by atoms with van der Waals surface area (Å²) in [6, 6.07) is 6.28. The Labute approximate surface area is 242 Å². The Bertz CT molecular complexity index is 1220. The molecular formula is C34H51NO4S. The lowest BCUT2D eigenvalue weighted by Gasteiger charge is -2.44. The first-order valence-electron chi connectivity index (χ1n) is 15.3. The van der Waals surface area contributed by atoms with Gasteiger partial charge >= 0.3 is 0 Å². The van der Waals surface area contributed by atoms with Gasteiger partial charge < -0.3 is 10.2 Å². The van der Waals surface area contributed by atoms with E-state index in [1.165, 1.54) is 31.3 Å². The fraction of sp³-hybridized carbons (Fsp3) is 0.647. The number of aliphatic hydroxyl groups excluding tert-OH is 1. The summed E-state index contributed by atoms with van der Waals surface area (Å²) in [6.07, 6.45) is 13.7. The van der Waals surface area contributed by atoms with E-state index < -0.39 is 27.8 Å². The quantitative estimate of drug-likeness (QED) is 0.299. The molecule has 1 aromatic carbocycles. The summed E-state index contributed by atoms with van der Waals surface area (Å²) in [6.45, 7) is 14.9. The SMILES string of the molecule is C=C1/C(=C\C=C2/CCC[C@]3(C)[C@@H]([C@H](C)CCCC(C)(C)O)CC[C@@H]23)C[C@@H](O)CC1NS(=O)(=O)c1ccc(C)cc1. The Morgan fingerprint density at radius 1 is 1.20 bits per heavy atom. The van der Waals surface area contributed by atoms with Crippen molar-refractivity contribution in [1.82, 2.24) is 4.72 Å². The topological polar surface area (TPSA) is 86.6 Å². The lowest BCUT2D eigenvalue weighted by molar-refractivity contribution is 0.0596. The van der Waals surface area contributed by atoms with Crippen LogP contribution in [0, 0.1) is 30.1 Å². The second-order valence-electron chi connectivity index (χ2n) is 13.8. The van der Waals surface area contributed by atoms with Crippen LogP contribution in [-0.2, 0) is 10.0 Å². The van der Waals surface area contributed by atoms with E-state index in [1.54, 1.807) is 24.3 Å². The maximum atomic E-state index is 13.1. The van der Waals surface area contributed by atoms with Gasteiger partial charge in [-0.15, -0.1) is 0 Å². The molecule has 0 bridgehead atoms. The summed E-state index contributed by atoms with van der Waals surface area (Å²) in [5.41, 5.74) is 3.89. The number of aryl methyl sites for hydroxylation is 1. The van der Waals surface area contributed by atoms with Gasteiger partial charge in [-0.1, -0.05) is 68.7 Å². The number of hydrogen-bond donors (Lipinski definition) is 3. The van der Waals surface area contributed by atoms with Gasteiger partial charge in [0, 0.05) is 6.04 Å². The molecule has 3 saturated carbocycles. The van der Waals surface area contributed by atoms with E-state index >= 15 is 0 Å². The molecule has 6 heteroatoms. The third kappa shape index (κ3) is 7.18. The Hall–Kier alpha value is -1.73. The Kier molecular flexibility index (Phi) is 9.56. The minimum Gasteiger partial charge on any atom is -0.393 e. The monoisotopic (exact) mass is 569 g/mol. The van der Waals surface area contributed by atoms with Crippen molar-refractivity contribution >= 4 is 10.0 Å². The maximum absolute atomic E-state index is 13.1. The van der Waals surface area contributed by atoms with Crippen molar-refractivity contribution < 1.29 is 18.6 Å². The van der Waals surface area contributed by atoms with E-state index in [2.05, 4.69) is 37.3 Å². The second-order valence-corrected chi connectivity index (χ2v) is 15.5. The Balaban J connectivity index is 1.47. The highest BCUT2D eigenvalue weighted by Crippen LogP contribution is 2.60. The van der Waals surface area contributed by atoms with Gasteiger partial charge in [-0.2, -0.15) is 0 Å². The minimum absolute atomic E-state index is 0.227. The van der Waals surface area contributed by atoms with Gasteiger partial charge in [0.2, 0.25) is 10.0 Å². The first-order valence-corrected chi connectivity index (χ1v) is 16.8. The molecule has 5 nitrogen and oxygen atoms in total. The largest absolute Gasteiger partial charge is 0.393 e. The van der Waals surface area contributed by atoms with Crippen LogP contribution in [-0.4, -0.2) is 36.4 Å². The van der Waals surface area contributed by atoms with Crippen molar-refractivity contribution in [3.8, 4) is 0 Å². The first-order chi connectivity index (χ1) is 18.7. The molecule has 0 spiro atoms. The molecule has 3 fully saturated rings. The van der Waals surface area contributed by atoms with Crippen LogP contribution in [0.4, 0.5) is 0 Å². The molecule has 0 saturated heterocycles. The fourth-order valence-corrected chi connectivity index (χ4v) is 9.10. The molecule has 3 aliphatic rings. The minimum atomic E-state index is -3.72. The highest BCUT2D eigenvalue weighted by atomic mass is 32.2. The summed E-state index contributed by atoms with van der Waals surface area (Å²) < 4.78 is 28.9. The molecular weight excluding hydrogens is 518 g/mol. The van der Waals surface area contributed by atoms with Crippen LogP contribution in [0.15, 0.2) is 64.6 Å². The van der Waals surface area contributed by atoms with Crippen molar-refractivity contribution in [2.75, 3.05) is 0 Å². The summed E-state index contributed by atoms with van der Waals surface area (Å²) in [5, 5.41) is 20.8. The fourth-order valence-electron chi connectivity index (χ4n) is 7.85. The number of nitrogens with one attached hydrogen (secondary N) is 1. The Morgan fingerprint density at radius 2 is 1.90 bits per heavy atom. The van der Waals surface area contributed by atoms with E-state index in [-0.39, 0.29) is 4.90 Å². The zero-order chi connectivity index (χ0) is 29.3. The lowest BCUT2D eigenvalue weighted by atomic mass is 9.60. The number of hydrogen-bond acceptors (Lipinski definition) is 4. The Morgan fingerprint density at radius 3 is 2.58 bits per heavy atom. The summed E-state index contributed by atoms with van der Waals surface area (Å²) in [5.74, 6) is 1.91. The van der Waals surface area contributed by atoms with Crippen LogP contribution in [0.1, 0.15) is 97.5 Å². The molecule has 40 heavy (non-hydrogen) atoms. The second kappa shape index (κ2) is 12.2. The van der Waals surface area contributed by atoms with Crippen molar-refractivity contribution in [3.05, 3.63) is 65.3 Å². The van der Waals surface area contributed by atoms with E-state index in [1.807, 2.05) is 20.8 Å². The molecule has 0 heterocycles. The van der Waals surface area contributed by atoms with Gasteiger partial charge in [0.1, 0.15) is 0 Å². The third-order valence-corrected chi connectivity index (χ3v) is 11.6. The van der Waals surface area contributed by atoms with Crippen LogP contribution in [0.3, 0.4) is 0 Å². The number of rotatable bonds is 9. The van der Waals surface area contributed by atoms with Crippen LogP contribution in [0.25, 0.3) is 0 Å². The van der Waals surface area contributed by atoms with Gasteiger partial charge in [-0.05, 0) is 119 Å². The number of fused-ring (bicyclic) bond motifs is 1.